The number of aliphatic hydroxyl groups is 1. The van der Waals surface area contributed by atoms with Gasteiger partial charge in [0.2, 0.25) is 5.91 Å². The van der Waals surface area contributed by atoms with E-state index in [-0.39, 0.29) is 25.7 Å². The van der Waals surface area contributed by atoms with Crippen LogP contribution in [-0.4, -0.2) is 75.1 Å². The van der Waals surface area contributed by atoms with Crippen molar-refractivity contribution in [2.45, 2.75) is 0 Å². The van der Waals surface area contributed by atoms with Gasteiger partial charge < -0.3 is 19.9 Å². The van der Waals surface area contributed by atoms with Crippen LogP contribution in [0.4, 0.5) is 0 Å². The van der Waals surface area contributed by atoms with Gasteiger partial charge in [-0.05, 0) is 0 Å². The average molecular weight is 232 g/mol. The average Bonchev–Trinajstić information content (AvgIpc) is 2.31. The third kappa shape index (κ3) is 6.02. The summed E-state index contributed by atoms with van der Waals surface area (Å²) in [5.74, 6) is -0.137. The lowest BCUT2D eigenvalue weighted by molar-refractivity contribution is -0.126. The highest BCUT2D eigenvalue weighted by Crippen LogP contribution is 1.94. The van der Waals surface area contributed by atoms with Crippen LogP contribution in [0.1, 0.15) is 0 Å². The minimum atomic E-state index is -0.137. The Labute approximate surface area is 95.5 Å². The second kappa shape index (κ2) is 8.46. The van der Waals surface area contributed by atoms with Crippen molar-refractivity contribution in [1.29, 1.82) is 0 Å². The molecule has 1 rings (SSSR count). The Hall–Kier alpha value is -0.690. The minimum Gasteiger partial charge on any atom is -0.394 e. The van der Waals surface area contributed by atoms with E-state index in [4.69, 9.17) is 14.6 Å². The summed E-state index contributed by atoms with van der Waals surface area (Å²) in [6, 6.07) is 0. The van der Waals surface area contributed by atoms with Gasteiger partial charge in [-0.25, -0.2) is 0 Å². The summed E-state index contributed by atoms with van der Waals surface area (Å²) in [5, 5.41) is 11.2. The fourth-order valence-corrected chi connectivity index (χ4v) is 1.46. The summed E-state index contributed by atoms with van der Waals surface area (Å²) < 4.78 is 10.1. The first-order chi connectivity index (χ1) is 7.83. The van der Waals surface area contributed by atoms with E-state index in [1.54, 1.807) is 0 Å². The fourth-order valence-electron chi connectivity index (χ4n) is 1.46. The number of carbonyl (C=O) groups is 1. The van der Waals surface area contributed by atoms with Gasteiger partial charge in [0.05, 0.1) is 26.4 Å². The Morgan fingerprint density at radius 1 is 1.44 bits per heavy atom. The van der Waals surface area contributed by atoms with Crippen LogP contribution >= 0.6 is 0 Å². The molecule has 6 heteroatoms. The van der Waals surface area contributed by atoms with E-state index in [1.807, 2.05) is 0 Å². The van der Waals surface area contributed by atoms with E-state index in [9.17, 15) is 4.79 Å². The van der Waals surface area contributed by atoms with Crippen LogP contribution in [0.25, 0.3) is 0 Å². The van der Waals surface area contributed by atoms with Crippen molar-refractivity contribution in [2.24, 2.45) is 0 Å². The van der Waals surface area contributed by atoms with E-state index in [1.165, 1.54) is 0 Å². The number of ether oxygens (including phenoxy) is 2. The van der Waals surface area contributed by atoms with E-state index < -0.39 is 0 Å². The summed E-state index contributed by atoms with van der Waals surface area (Å²) in [6.07, 6.45) is 0. The molecule has 0 saturated carbocycles. The SMILES string of the molecule is O=C(COCCO)NCCN1CCOCC1. The van der Waals surface area contributed by atoms with Crippen LogP contribution in [0.3, 0.4) is 0 Å². The number of aliphatic hydroxyl groups excluding tert-OH is 1. The summed E-state index contributed by atoms with van der Waals surface area (Å²) >= 11 is 0. The van der Waals surface area contributed by atoms with Crippen molar-refractivity contribution in [3.05, 3.63) is 0 Å². The molecule has 1 aliphatic heterocycles. The van der Waals surface area contributed by atoms with Crippen LogP contribution in [0.15, 0.2) is 0 Å². The van der Waals surface area contributed by atoms with E-state index in [2.05, 4.69) is 10.2 Å². The monoisotopic (exact) mass is 232 g/mol. The van der Waals surface area contributed by atoms with Gasteiger partial charge in [0.25, 0.3) is 0 Å². The molecular formula is C10H20N2O4. The zero-order chi connectivity index (χ0) is 11.6. The molecule has 0 spiro atoms. The molecule has 0 aromatic carbocycles. The van der Waals surface area contributed by atoms with Gasteiger partial charge in [0.15, 0.2) is 0 Å². The first-order valence-corrected chi connectivity index (χ1v) is 5.58. The zero-order valence-corrected chi connectivity index (χ0v) is 9.48. The van der Waals surface area contributed by atoms with Crippen molar-refractivity contribution in [2.75, 3.05) is 59.2 Å². The molecule has 16 heavy (non-hydrogen) atoms. The highest BCUT2D eigenvalue weighted by molar-refractivity contribution is 5.77. The molecule has 0 aromatic rings. The number of hydrogen-bond donors (Lipinski definition) is 2. The summed E-state index contributed by atoms with van der Waals surface area (Å²) in [6.45, 7) is 5.03. The molecule has 1 amide bonds. The Balaban J connectivity index is 1.94. The Bertz CT molecular complexity index is 195. The normalized spacial score (nSPS) is 17.3. The Kier molecular flexibility index (Phi) is 7.07. The van der Waals surface area contributed by atoms with Gasteiger partial charge in [0, 0.05) is 26.2 Å². The first-order valence-electron chi connectivity index (χ1n) is 5.58. The van der Waals surface area contributed by atoms with Gasteiger partial charge in [0.1, 0.15) is 6.61 Å². The second-order valence-corrected chi connectivity index (χ2v) is 3.58. The number of rotatable bonds is 7. The summed E-state index contributed by atoms with van der Waals surface area (Å²) in [7, 11) is 0. The van der Waals surface area contributed by atoms with Crippen molar-refractivity contribution in [3.63, 3.8) is 0 Å². The molecule has 94 valence electrons. The second-order valence-electron chi connectivity index (χ2n) is 3.58. The van der Waals surface area contributed by atoms with Crippen LogP contribution < -0.4 is 5.32 Å². The minimum absolute atomic E-state index is 0.0175. The van der Waals surface area contributed by atoms with Gasteiger partial charge in [-0.2, -0.15) is 0 Å². The quantitative estimate of drug-likeness (QED) is 0.520. The molecule has 1 fully saturated rings. The Morgan fingerprint density at radius 3 is 2.88 bits per heavy atom. The third-order valence-electron chi connectivity index (χ3n) is 2.32. The molecule has 1 heterocycles. The van der Waals surface area contributed by atoms with Crippen LogP contribution in [0.2, 0.25) is 0 Å². The largest absolute Gasteiger partial charge is 0.394 e. The highest BCUT2D eigenvalue weighted by Gasteiger charge is 2.09. The molecule has 0 unspecified atom stereocenters. The topological polar surface area (TPSA) is 71.0 Å². The molecule has 0 aliphatic carbocycles. The standard InChI is InChI=1S/C10H20N2O4/c13-5-8-16-9-10(14)11-1-2-12-3-6-15-7-4-12/h13H,1-9H2,(H,11,14). The third-order valence-corrected chi connectivity index (χ3v) is 2.32. The number of hydrogen-bond acceptors (Lipinski definition) is 5. The molecule has 2 N–H and O–H groups in total. The first kappa shape index (κ1) is 13.4. The molecule has 1 aliphatic rings. The lowest BCUT2D eigenvalue weighted by Gasteiger charge is -2.26. The number of morpholine rings is 1. The number of amides is 1. The van der Waals surface area contributed by atoms with Gasteiger partial charge in [-0.1, -0.05) is 0 Å². The summed E-state index contributed by atoms with van der Waals surface area (Å²) in [5.41, 5.74) is 0. The van der Waals surface area contributed by atoms with E-state index >= 15 is 0 Å². The predicted molar refractivity (Wildman–Crippen MR) is 58.2 cm³/mol. The zero-order valence-electron chi connectivity index (χ0n) is 9.48. The molecule has 0 radical (unpaired) electrons. The van der Waals surface area contributed by atoms with Crippen LogP contribution in [0, 0.1) is 0 Å². The van der Waals surface area contributed by atoms with Crippen LogP contribution in [-0.2, 0) is 14.3 Å². The van der Waals surface area contributed by atoms with Gasteiger partial charge >= 0.3 is 0 Å². The highest BCUT2D eigenvalue weighted by atomic mass is 16.5. The number of nitrogens with one attached hydrogen (secondary N) is 1. The summed E-state index contributed by atoms with van der Waals surface area (Å²) in [4.78, 5) is 13.4. The molecular weight excluding hydrogens is 212 g/mol. The maximum Gasteiger partial charge on any atom is 0.246 e. The van der Waals surface area contributed by atoms with E-state index in [0.717, 1.165) is 32.8 Å². The van der Waals surface area contributed by atoms with Crippen LogP contribution in [0.5, 0.6) is 0 Å². The maximum atomic E-state index is 11.2. The lowest BCUT2D eigenvalue weighted by Crippen LogP contribution is -2.42. The molecule has 0 bridgehead atoms. The molecule has 0 aromatic heterocycles. The van der Waals surface area contributed by atoms with Crippen molar-refractivity contribution < 1.29 is 19.4 Å². The molecule has 0 atom stereocenters. The van der Waals surface area contributed by atoms with Crippen molar-refractivity contribution >= 4 is 5.91 Å². The smallest absolute Gasteiger partial charge is 0.246 e. The fraction of sp³-hybridized carbons (Fsp3) is 0.900. The van der Waals surface area contributed by atoms with Crippen molar-refractivity contribution in [3.8, 4) is 0 Å². The van der Waals surface area contributed by atoms with Gasteiger partial charge in [-0.15, -0.1) is 0 Å². The van der Waals surface area contributed by atoms with E-state index in [0.29, 0.717) is 6.54 Å². The number of nitrogens with zero attached hydrogens (tertiary/aromatic N) is 1. The van der Waals surface area contributed by atoms with Gasteiger partial charge in [-0.3, -0.25) is 9.69 Å². The van der Waals surface area contributed by atoms with Crippen molar-refractivity contribution in [1.82, 2.24) is 10.2 Å². The number of carbonyl (C=O) groups excluding carboxylic acids is 1. The predicted octanol–water partition coefficient (Wildman–Crippen LogP) is -1.56. The maximum absolute atomic E-state index is 11.2. The lowest BCUT2D eigenvalue weighted by atomic mass is 10.4. The molecule has 1 saturated heterocycles. The Morgan fingerprint density at radius 2 is 2.19 bits per heavy atom. The molecule has 6 nitrogen and oxygen atoms in total.